The maximum absolute atomic E-state index is 5.42. The minimum Gasteiger partial charge on any atom is -0.390 e. The summed E-state index contributed by atoms with van der Waals surface area (Å²) in [5.41, 5.74) is 5.28. The fraction of sp³-hybridized carbons (Fsp3) is 0.750. The number of rotatable bonds is 4. The van der Waals surface area contributed by atoms with Crippen LogP contribution in [0.3, 0.4) is 0 Å². The molecule has 1 aliphatic carbocycles. The molecule has 0 amide bonds. The first-order chi connectivity index (χ1) is 6.78. The van der Waals surface area contributed by atoms with Crippen LogP contribution in [-0.2, 0) is 4.74 Å². The van der Waals surface area contributed by atoms with Gasteiger partial charge in [-0.15, -0.1) is 0 Å². The van der Waals surface area contributed by atoms with Crippen LogP contribution in [0.5, 0.6) is 0 Å². The number of nitrogens with two attached hydrogens (primary N) is 1. The Balaban J connectivity index is 1.74. The van der Waals surface area contributed by atoms with Gasteiger partial charge in [0.2, 0.25) is 0 Å². The number of aromatic nitrogens is 2. The third-order valence-corrected chi connectivity index (χ3v) is 2.27. The van der Waals surface area contributed by atoms with E-state index in [4.69, 9.17) is 14.9 Å². The molecule has 0 aliphatic heterocycles. The Morgan fingerprint density at radius 1 is 1.57 bits per heavy atom. The van der Waals surface area contributed by atoms with Crippen molar-refractivity contribution in [3.63, 3.8) is 0 Å². The highest BCUT2D eigenvalue weighted by Crippen LogP contribution is 2.26. The van der Waals surface area contributed by atoms with Gasteiger partial charge in [0.15, 0.2) is 0 Å². The van der Waals surface area contributed by atoms with E-state index >= 15 is 0 Å². The molecule has 1 heterocycles. The second-order valence-electron chi connectivity index (χ2n) is 3.34. The Morgan fingerprint density at radius 2 is 2.36 bits per heavy atom. The fourth-order valence-electron chi connectivity index (χ4n) is 1.52. The first-order valence-corrected chi connectivity index (χ1v) is 4.75. The van der Waals surface area contributed by atoms with Gasteiger partial charge in [0.1, 0.15) is 0 Å². The normalized spacial score (nSPS) is 25.8. The number of ether oxygens (including phenoxy) is 1. The van der Waals surface area contributed by atoms with Gasteiger partial charge in [-0.2, -0.15) is 0 Å². The largest absolute Gasteiger partial charge is 0.390 e. The van der Waals surface area contributed by atoms with E-state index < -0.39 is 0 Å². The summed E-state index contributed by atoms with van der Waals surface area (Å²) in [5, 5.41) is 10.4. The quantitative estimate of drug-likeness (QED) is 0.738. The highest BCUT2D eigenvalue weighted by Gasteiger charge is 2.30. The number of nitrogens with one attached hydrogen (secondary N) is 1. The molecule has 6 heteroatoms. The molecule has 1 aliphatic rings. The van der Waals surface area contributed by atoms with E-state index in [1.807, 2.05) is 6.92 Å². The zero-order valence-electron chi connectivity index (χ0n) is 8.06. The van der Waals surface area contributed by atoms with E-state index in [1.54, 1.807) is 0 Å². The van der Waals surface area contributed by atoms with Crippen LogP contribution in [-0.4, -0.2) is 29.0 Å². The van der Waals surface area contributed by atoms with Crippen molar-refractivity contribution in [2.75, 3.05) is 17.7 Å². The minimum atomic E-state index is 0.0909. The summed E-state index contributed by atoms with van der Waals surface area (Å²) < 4.78 is 10.4. The molecule has 0 radical (unpaired) electrons. The maximum Gasteiger partial charge on any atom is 0.317 e. The molecule has 1 saturated carbocycles. The standard InChI is InChI=1S/C8H14N4O2/c1-2-13-6-3-5(4-6)10-8-12-11-7(9)14-8/h5-6H,2-4H2,1H3,(H2,9,11)(H,10,12). The Kier molecular flexibility index (Phi) is 2.53. The first kappa shape index (κ1) is 9.26. The van der Waals surface area contributed by atoms with Crippen LogP contribution in [0.25, 0.3) is 0 Å². The van der Waals surface area contributed by atoms with Crippen molar-refractivity contribution in [2.45, 2.75) is 31.9 Å². The topological polar surface area (TPSA) is 86.2 Å². The molecule has 0 spiro atoms. The van der Waals surface area contributed by atoms with Crippen LogP contribution in [0.15, 0.2) is 4.42 Å². The predicted molar refractivity (Wildman–Crippen MR) is 50.8 cm³/mol. The Hall–Kier alpha value is -1.30. The van der Waals surface area contributed by atoms with Crippen molar-refractivity contribution in [1.29, 1.82) is 0 Å². The van der Waals surface area contributed by atoms with E-state index in [9.17, 15) is 0 Å². The average Bonchev–Trinajstić information content (AvgIpc) is 2.48. The molecule has 0 bridgehead atoms. The summed E-state index contributed by atoms with van der Waals surface area (Å²) in [6.45, 7) is 2.77. The summed E-state index contributed by atoms with van der Waals surface area (Å²) in [7, 11) is 0. The average molecular weight is 198 g/mol. The summed E-state index contributed by atoms with van der Waals surface area (Å²) in [4.78, 5) is 0. The van der Waals surface area contributed by atoms with Crippen molar-refractivity contribution >= 4 is 12.0 Å². The van der Waals surface area contributed by atoms with Crippen molar-refractivity contribution in [2.24, 2.45) is 0 Å². The summed E-state index contributed by atoms with van der Waals surface area (Å²) in [5.74, 6) is 0. The van der Waals surface area contributed by atoms with E-state index in [2.05, 4.69) is 15.5 Å². The third kappa shape index (κ3) is 1.95. The number of hydrogen-bond acceptors (Lipinski definition) is 6. The molecule has 0 saturated heterocycles. The van der Waals surface area contributed by atoms with Crippen LogP contribution >= 0.6 is 0 Å². The molecule has 1 fully saturated rings. The molecule has 0 aromatic carbocycles. The van der Waals surface area contributed by atoms with Crippen LogP contribution in [0.2, 0.25) is 0 Å². The Morgan fingerprint density at radius 3 is 2.93 bits per heavy atom. The van der Waals surface area contributed by atoms with Crippen molar-refractivity contribution in [3.8, 4) is 0 Å². The zero-order chi connectivity index (χ0) is 9.97. The molecule has 0 atom stereocenters. The number of anilines is 2. The van der Waals surface area contributed by atoms with Gasteiger partial charge in [0.25, 0.3) is 0 Å². The number of nitrogens with zero attached hydrogens (tertiary/aromatic N) is 2. The fourth-order valence-corrected chi connectivity index (χ4v) is 1.52. The highest BCUT2D eigenvalue weighted by atomic mass is 16.5. The second kappa shape index (κ2) is 3.83. The predicted octanol–water partition coefficient (Wildman–Crippen LogP) is 0.631. The SMILES string of the molecule is CCOC1CC(Nc2nnc(N)o2)C1. The summed E-state index contributed by atoms with van der Waals surface area (Å²) in [6.07, 6.45) is 2.34. The lowest BCUT2D eigenvalue weighted by Gasteiger charge is -2.34. The lowest BCUT2D eigenvalue weighted by molar-refractivity contribution is 0.00258. The van der Waals surface area contributed by atoms with E-state index in [0.29, 0.717) is 18.2 Å². The van der Waals surface area contributed by atoms with Crippen molar-refractivity contribution in [3.05, 3.63) is 0 Å². The van der Waals surface area contributed by atoms with Crippen molar-refractivity contribution < 1.29 is 9.15 Å². The van der Waals surface area contributed by atoms with E-state index in [-0.39, 0.29) is 6.01 Å². The van der Waals surface area contributed by atoms with Gasteiger partial charge in [-0.05, 0) is 19.8 Å². The van der Waals surface area contributed by atoms with Crippen LogP contribution in [0.4, 0.5) is 12.0 Å². The molecule has 1 aromatic heterocycles. The van der Waals surface area contributed by atoms with Gasteiger partial charge in [0, 0.05) is 12.6 Å². The molecular weight excluding hydrogens is 184 g/mol. The third-order valence-electron chi connectivity index (χ3n) is 2.27. The smallest absolute Gasteiger partial charge is 0.317 e. The van der Waals surface area contributed by atoms with Gasteiger partial charge >= 0.3 is 12.0 Å². The highest BCUT2D eigenvalue weighted by molar-refractivity contribution is 5.25. The van der Waals surface area contributed by atoms with Crippen molar-refractivity contribution in [1.82, 2.24) is 10.2 Å². The van der Waals surface area contributed by atoms with Gasteiger partial charge in [0.05, 0.1) is 6.10 Å². The van der Waals surface area contributed by atoms with Crippen LogP contribution in [0.1, 0.15) is 19.8 Å². The molecule has 0 unspecified atom stereocenters. The molecule has 2 rings (SSSR count). The first-order valence-electron chi connectivity index (χ1n) is 4.75. The second-order valence-corrected chi connectivity index (χ2v) is 3.34. The van der Waals surface area contributed by atoms with Gasteiger partial charge in [-0.1, -0.05) is 10.2 Å². The molecule has 6 nitrogen and oxygen atoms in total. The molecular formula is C8H14N4O2. The van der Waals surface area contributed by atoms with Crippen LogP contribution in [0, 0.1) is 0 Å². The number of hydrogen-bond donors (Lipinski definition) is 2. The monoisotopic (exact) mass is 198 g/mol. The maximum atomic E-state index is 5.42. The summed E-state index contributed by atoms with van der Waals surface area (Å²) >= 11 is 0. The van der Waals surface area contributed by atoms with E-state index in [1.165, 1.54) is 0 Å². The lowest BCUT2D eigenvalue weighted by Crippen LogP contribution is -2.40. The Bertz CT molecular complexity index is 295. The minimum absolute atomic E-state index is 0.0909. The molecule has 14 heavy (non-hydrogen) atoms. The van der Waals surface area contributed by atoms with Gasteiger partial charge in [-0.25, -0.2) is 0 Å². The molecule has 78 valence electrons. The number of nitrogen functional groups attached to an aromatic ring is 1. The van der Waals surface area contributed by atoms with Gasteiger partial charge < -0.3 is 20.2 Å². The molecule has 3 N–H and O–H groups in total. The van der Waals surface area contributed by atoms with Crippen LogP contribution < -0.4 is 11.1 Å². The van der Waals surface area contributed by atoms with Gasteiger partial charge in [-0.3, -0.25) is 0 Å². The Labute approximate surface area is 81.8 Å². The molecule has 1 aromatic rings. The summed E-state index contributed by atoms with van der Waals surface area (Å²) in [6, 6.07) is 0.849. The van der Waals surface area contributed by atoms with E-state index in [0.717, 1.165) is 19.4 Å². The lowest BCUT2D eigenvalue weighted by atomic mass is 9.89. The zero-order valence-corrected chi connectivity index (χ0v) is 8.06.